The van der Waals surface area contributed by atoms with Crippen LogP contribution >= 0.6 is 0 Å². The van der Waals surface area contributed by atoms with E-state index in [1.807, 2.05) is 0 Å². The van der Waals surface area contributed by atoms with E-state index in [1.165, 1.54) is 34.9 Å². The summed E-state index contributed by atoms with van der Waals surface area (Å²) in [6.45, 7) is 0. The maximum Gasteiger partial charge on any atom is 0.0460 e. The first-order valence-corrected chi connectivity index (χ1v) is 6.37. The number of hydrogen-bond donors (Lipinski definition) is 2. The van der Waals surface area contributed by atoms with Crippen LogP contribution in [0, 0.1) is 0 Å². The molecule has 88 valence electrons. The molecule has 1 aliphatic carbocycles. The van der Waals surface area contributed by atoms with Crippen LogP contribution in [0.4, 0.5) is 0 Å². The van der Waals surface area contributed by atoms with Gasteiger partial charge in [-0.3, -0.25) is 0 Å². The molecule has 0 bridgehead atoms. The molecule has 1 aromatic carbocycles. The van der Waals surface area contributed by atoms with Gasteiger partial charge in [0.05, 0.1) is 0 Å². The summed E-state index contributed by atoms with van der Waals surface area (Å²) in [6, 6.07) is 8.68. The Kier molecular flexibility index (Phi) is 2.73. The van der Waals surface area contributed by atoms with Gasteiger partial charge >= 0.3 is 0 Å². The van der Waals surface area contributed by atoms with Crippen molar-refractivity contribution in [3.63, 3.8) is 0 Å². The highest BCUT2D eigenvalue weighted by atomic mass is 14.7. The van der Waals surface area contributed by atoms with Crippen molar-refractivity contribution in [2.45, 2.75) is 31.7 Å². The Morgan fingerprint density at radius 1 is 1.18 bits per heavy atom. The van der Waals surface area contributed by atoms with Crippen molar-refractivity contribution in [1.82, 2.24) is 4.98 Å². The number of aromatic amines is 1. The number of H-pyrrole nitrogens is 1. The van der Waals surface area contributed by atoms with Crippen LogP contribution in [0.3, 0.4) is 0 Å². The average molecular weight is 226 g/mol. The number of nitrogens with two attached hydrogens (primary N) is 1. The molecule has 0 amide bonds. The van der Waals surface area contributed by atoms with Gasteiger partial charge in [-0.2, -0.15) is 0 Å². The summed E-state index contributed by atoms with van der Waals surface area (Å²) in [5.41, 5.74) is 10.0. The van der Waals surface area contributed by atoms with Crippen molar-refractivity contribution < 1.29 is 0 Å². The fraction of sp³-hybridized carbons (Fsp3) is 0.333. The number of nitrogens with one attached hydrogen (secondary N) is 1. The third kappa shape index (κ3) is 2.01. The van der Waals surface area contributed by atoms with E-state index in [1.54, 1.807) is 0 Å². The summed E-state index contributed by atoms with van der Waals surface area (Å²) in [5.74, 6) is 0. The van der Waals surface area contributed by atoms with Gasteiger partial charge in [-0.05, 0) is 30.9 Å². The largest absolute Gasteiger partial charge is 0.361 e. The number of benzene rings is 1. The third-order valence-electron chi connectivity index (χ3n) is 3.58. The summed E-state index contributed by atoms with van der Waals surface area (Å²) in [7, 11) is 0. The van der Waals surface area contributed by atoms with Crippen LogP contribution in [-0.2, 0) is 0 Å². The van der Waals surface area contributed by atoms with Crippen molar-refractivity contribution in [3.05, 3.63) is 42.1 Å². The molecule has 0 aliphatic heterocycles. The van der Waals surface area contributed by atoms with Gasteiger partial charge in [0.2, 0.25) is 0 Å². The second kappa shape index (κ2) is 4.38. The average Bonchev–Trinajstić information content (AvgIpc) is 2.66. The third-order valence-corrected chi connectivity index (χ3v) is 3.58. The molecule has 0 saturated carbocycles. The molecule has 1 aliphatic rings. The lowest BCUT2D eigenvalue weighted by Crippen LogP contribution is -2.15. The van der Waals surface area contributed by atoms with Crippen LogP contribution in [0.5, 0.6) is 0 Å². The van der Waals surface area contributed by atoms with Crippen LogP contribution in [0.2, 0.25) is 0 Å². The van der Waals surface area contributed by atoms with Crippen molar-refractivity contribution >= 4 is 16.5 Å². The molecule has 1 heterocycles. The van der Waals surface area contributed by atoms with Gasteiger partial charge in [0.15, 0.2) is 0 Å². The molecule has 3 N–H and O–H groups in total. The second-order valence-electron chi connectivity index (χ2n) is 4.85. The first-order chi connectivity index (χ1) is 8.34. The lowest BCUT2D eigenvalue weighted by molar-refractivity contribution is 0.658. The second-order valence-corrected chi connectivity index (χ2v) is 4.85. The minimum atomic E-state index is 0.223. The van der Waals surface area contributed by atoms with Crippen molar-refractivity contribution in [2.24, 2.45) is 5.73 Å². The lowest BCUT2D eigenvalue weighted by Gasteiger charge is -2.05. The number of aromatic nitrogens is 1. The van der Waals surface area contributed by atoms with Crippen LogP contribution in [0.25, 0.3) is 16.5 Å². The SMILES string of the molecule is NC1C=C(c2c[nH]c3ccccc23)CCCC1. The van der Waals surface area contributed by atoms with E-state index >= 15 is 0 Å². The highest BCUT2D eigenvalue weighted by Gasteiger charge is 2.12. The van der Waals surface area contributed by atoms with Gasteiger partial charge in [0.25, 0.3) is 0 Å². The van der Waals surface area contributed by atoms with E-state index in [0.717, 1.165) is 12.8 Å². The van der Waals surface area contributed by atoms with Gasteiger partial charge < -0.3 is 10.7 Å². The predicted octanol–water partition coefficient (Wildman–Crippen LogP) is 3.45. The molecule has 0 spiro atoms. The highest BCUT2D eigenvalue weighted by Crippen LogP contribution is 2.30. The lowest BCUT2D eigenvalue weighted by atomic mass is 10.0. The Balaban J connectivity index is 2.08. The molecule has 1 aromatic heterocycles. The van der Waals surface area contributed by atoms with Crippen LogP contribution in [-0.4, -0.2) is 11.0 Å². The number of para-hydroxylation sites is 1. The molecule has 2 aromatic rings. The number of rotatable bonds is 1. The van der Waals surface area contributed by atoms with Gasteiger partial charge in [-0.15, -0.1) is 0 Å². The van der Waals surface area contributed by atoms with Crippen LogP contribution < -0.4 is 5.73 Å². The topological polar surface area (TPSA) is 41.8 Å². The summed E-state index contributed by atoms with van der Waals surface area (Å²) < 4.78 is 0. The predicted molar refractivity (Wildman–Crippen MR) is 72.7 cm³/mol. The molecule has 0 saturated heterocycles. The smallest absolute Gasteiger partial charge is 0.0460 e. The zero-order valence-corrected chi connectivity index (χ0v) is 9.95. The monoisotopic (exact) mass is 226 g/mol. The van der Waals surface area contributed by atoms with Crippen molar-refractivity contribution in [2.75, 3.05) is 0 Å². The molecule has 2 heteroatoms. The summed E-state index contributed by atoms with van der Waals surface area (Å²) in [6.07, 6.45) is 9.13. The Labute approximate surface area is 102 Å². The normalized spacial score (nSPS) is 21.2. The van der Waals surface area contributed by atoms with Crippen LogP contribution in [0.1, 0.15) is 31.2 Å². The van der Waals surface area contributed by atoms with E-state index < -0.39 is 0 Å². The molecule has 3 rings (SSSR count). The molecule has 0 radical (unpaired) electrons. The molecular formula is C15H18N2. The summed E-state index contributed by atoms with van der Waals surface area (Å²) in [5, 5.41) is 1.31. The fourth-order valence-electron chi connectivity index (χ4n) is 2.68. The first kappa shape index (κ1) is 10.6. The Hall–Kier alpha value is -1.54. The fourth-order valence-corrected chi connectivity index (χ4v) is 2.68. The Bertz CT molecular complexity index is 551. The zero-order chi connectivity index (χ0) is 11.7. The standard InChI is InChI=1S/C15H18N2/c16-12-6-2-1-5-11(9-12)14-10-17-15-8-4-3-7-13(14)15/h3-4,7-10,12,17H,1-2,5-6,16H2. The summed E-state index contributed by atoms with van der Waals surface area (Å²) in [4.78, 5) is 3.34. The Morgan fingerprint density at radius 3 is 3.00 bits per heavy atom. The first-order valence-electron chi connectivity index (χ1n) is 6.37. The summed E-state index contributed by atoms with van der Waals surface area (Å²) >= 11 is 0. The minimum absolute atomic E-state index is 0.223. The molecule has 1 atom stereocenters. The van der Waals surface area contributed by atoms with Gasteiger partial charge in [-0.25, -0.2) is 0 Å². The maximum absolute atomic E-state index is 6.09. The van der Waals surface area contributed by atoms with Crippen molar-refractivity contribution in [3.8, 4) is 0 Å². The number of allylic oxidation sites excluding steroid dienone is 1. The molecule has 2 nitrogen and oxygen atoms in total. The molecule has 17 heavy (non-hydrogen) atoms. The van der Waals surface area contributed by atoms with Gasteiger partial charge in [-0.1, -0.05) is 30.7 Å². The van der Waals surface area contributed by atoms with E-state index in [0.29, 0.717) is 0 Å². The van der Waals surface area contributed by atoms with Crippen LogP contribution in [0.15, 0.2) is 36.5 Å². The molecular weight excluding hydrogens is 208 g/mol. The number of hydrogen-bond acceptors (Lipinski definition) is 1. The van der Waals surface area contributed by atoms with Crippen molar-refractivity contribution in [1.29, 1.82) is 0 Å². The quantitative estimate of drug-likeness (QED) is 0.768. The minimum Gasteiger partial charge on any atom is -0.361 e. The van der Waals surface area contributed by atoms with E-state index in [-0.39, 0.29) is 6.04 Å². The molecule has 1 unspecified atom stereocenters. The van der Waals surface area contributed by atoms with E-state index in [4.69, 9.17) is 5.73 Å². The van der Waals surface area contributed by atoms with Gasteiger partial charge in [0, 0.05) is 28.7 Å². The Morgan fingerprint density at radius 2 is 2.06 bits per heavy atom. The highest BCUT2D eigenvalue weighted by molar-refractivity contribution is 5.92. The number of fused-ring (bicyclic) bond motifs is 1. The maximum atomic E-state index is 6.09. The van der Waals surface area contributed by atoms with E-state index in [2.05, 4.69) is 41.5 Å². The van der Waals surface area contributed by atoms with E-state index in [9.17, 15) is 0 Å². The zero-order valence-electron chi connectivity index (χ0n) is 9.95. The van der Waals surface area contributed by atoms with Gasteiger partial charge in [0.1, 0.15) is 0 Å². The molecule has 0 fully saturated rings.